The number of hydrogen-bond donors (Lipinski definition) is 2. The van der Waals surface area contributed by atoms with E-state index in [1.165, 1.54) is 12.1 Å². The highest BCUT2D eigenvalue weighted by Gasteiger charge is 2.26. The van der Waals surface area contributed by atoms with Crippen LogP contribution in [-0.2, 0) is 21.2 Å². The number of carbonyl (C=O) groups excluding carboxylic acids is 1. The number of hydrogen-bond acceptors (Lipinski definition) is 5. The fourth-order valence-corrected chi connectivity index (χ4v) is 4.76. The van der Waals surface area contributed by atoms with Crippen LogP contribution in [0.5, 0.6) is 5.75 Å². The zero-order valence-electron chi connectivity index (χ0n) is 17.9. The lowest BCUT2D eigenvalue weighted by atomic mass is 10.1. The Morgan fingerprint density at radius 2 is 1.72 bits per heavy atom. The highest BCUT2D eigenvalue weighted by atomic mass is 32.2. The van der Waals surface area contributed by atoms with Gasteiger partial charge in [0.1, 0.15) is 11.8 Å². The average Bonchev–Trinajstić information content (AvgIpc) is 2.80. The average molecular weight is 471 g/mol. The summed E-state index contributed by atoms with van der Waals surface area (Å²) in [6, 6.07) is 21.8. The number of sulfonamides is 1. The monoisotopic (exact) mass is 470 g/mol. The molecule has 0 saturated heterocycles. The van der Waals surface area contributed by atoms with Gasteiger partial charge in [-0.1, -0.05) is 36.4 Å². The van der Waals surface area contributed by atoms with Crippen LogP contribution in [0.15, 0.2) is 88.7 Å². The minimum Gasteiger partial charge on any atom is -0.494 e. The molecule has 2 N–H and O–H groups in total. The molecule has 0 fully saturated rings. The maximum atomic E-state index is 13.1. The molecule has 0 spiro atoms. The minimum absolute atomic E-state index is 0.0659. The van der Waals surface area contributed by atoms with Crippen molar-refractivity contribution in [3.05, 3.63) is 84.4 Å². The van der Waals surface area contributed by atoms with Gasteiger partial charge < -0.3 is 10.1 Å². The molecular weight excluding hydrogens is 444 g/mol. The molecule has 3 rings (SSSR count). The Morgan fingerprint density at radius 3 is 2.38 bits per heavy atom. The molecule has 0 aromatic heterocycles. The van der Waals surface area contributed by atoms with Gasteiger partial charge in [-0.15, -0.1) is 11.8 Å². The number of carbonyl (C=O) groups is 1. The van der Waals surface area contributed by atoms with E-state index in [-0.39, 0.29) is 11.3 Å². The number of nitrogens with one attached hydrogen (secondary N) is 2. The Labute approximate surface area is 193 Å². The summed E-state index contributed by atoms with van der Waals surface area (Å²) in [5, 5.41) is 2.84. The predicted octanol–water partition coefficient (Wildman–Crippen LogP) is 4.34. The molecule has 0 radical (unpaired) electrons. The summed E-state index contributed by atoms with van der Waals surface area (Å²) in [5.74, 6) is 0.153. The van der Waals surface area contributed by atoms with Crippen LogP contribution in [0.25, 0.3) is 0 Å². The van der Waals surface area contributed by atoms with Gasteiger partial charge in [-0.3, -0.25) is 4.79 Å². The SMILES string of the molecule is CCOc1ccc(S(=O)(=O)N[C@@H](Cc2ccccc2)C(=O)Nc2cccc(SC)c2)cc1. The number of thioether (sulfide) groups is 1. The van der Waals surface area contributed by atoms with E-state index in [1.807, 2.05) is 61.7 Å². The van der Waals surface area contributed by atoms with Crippen molar-refractivity contribution in [3.63, 3.8) is 0 Å². The maximum Gasteiger partial charge on any atom is 0.242 e. The van der Waals surface area contributed by atoms with Crippen LogP contribution in [0.3, 0.4) is 0 Å². The van der Waals surface area contributed by atoms with Gasteiger partial charge in [0.25, 0.3) is 0 Å². The van der Waals surface area contributed by atoms with E-state index in [2.05, 4.69) is 10.0 Å². The smallest absolute Gasteiger partial charge is 0.242 e. The first-order valence-corrected chi connectivity index (χ1v) is 12.9. The van der Waals surface area contributed by atoms with Gasteiger partial charge in [0.05, 0.1) is 11.5 Å². The number of benzene rings is 3. The van der Waals surface area contributed by atoms with E-state index in [0.717, 1.165) is 10.5 Å². The molecule has 0 aliphatic rings. The summed E-state index contributed by atoms with van der Waals surface area (Å²) in [6.45, 7) is 2.34. The fraction of sp³-hybridized carbons (Fsp3) is 0.208. The van der Waals surface area contributed by atoms with E-state index in [1.54, 1.807) is 30.0 Å². The minimum atomic E-state index is -3.93. The summed E-state index contributed by atoms with van der Waals surface area (Å²) in [6.07, 6.45) is 2.16. The van der Waals surface area contributed by atoms with Crippen molar-refractivity contribution in [3.8, 4) is 5.75 Å². The van der Waals surface area contributed by atoms with Crippen LogP contribution in [0, 0.1) is 0 Å². The standard InChI is InChI=1S/C24H26N2O4S2/c1-3-30-20-12-14-22(15-13-20)32(28,29)26-23(16-18-8-5-4-6-9-18)24(27)25-19-10-7-11-21(17-19)31-2/h4-15,17,23,26H,3,16H2,1-2H3,(H,25,27)/t23-/m0/s1. The van der Waals surface area contributed by atoms with E-state index in [4.69, 9.17) is 4.74 Å². The molecule has 32 heavy (non-hydrogen) atoms. The molecule has 0 unspecified atom stereocenters. The molecule has 3 aromatic rings. The van der Waals surface area contributed by atoms with E-state index in [9.17, 15) is 13.2 Å². The first-order valence-electron chi connectivity index (χ1n) is 10.2. The Kier molecular flexibility index (Phi) is 8.33. The molecule has 1 amide bonds. The van der Waals surface area contributed by atoms with Gasteiger partial charge in [0.2, 0.25) is 15.9 Å². The number of rotatable bonds is 10. The van der Waals surface area contributed by atoms with Gasteiger partial charge in [-0.05, 0) is 67.6 Å². The molecule has 3 aromatic carbocycles. The van der Waals surface area contributed by atoms with Crippen LogP contribution in [0.1, 0.15) is 12.5 Å². The van der Waals surface area contributed by atoms with Crippen LogP contribution in [0.2, 0.25) is 0 Å². The quantitative estimate of drug-likeness (QED) is 0.431. The Balaban J connectivity index is 1.83. The topological polar surface area (TPSA) is 84.5 Å². The lowest BCUT2D eigenvalue weighted by Crippen LogP contribution is -2.45. The zero-order valence-corrected chi connectivity index (χ0v) is 19.6. The van der Waals surface area contributed by atoms with E-state index in [0.29, 0.717) is 18.0 Å². The first-order chi connectivity index (χ1) is 15.4. The molecular formula is C24H26N2O4S2. The van der Waals surface area contributed by atoms with Gasteiger partial charge in [-0.2, -0.15) is 4.72 Å². The summed E-state index contributed by atoms with van der Waals surface area (Å²) in [4.78, 5) is 14.2. The Bertz CT molecular complexity index is 1130. The zero-order chi connectivity index (χ0) is 23.0. The lowest BCUT2D eigenvalue weighted by molar-refractivity contribution is -0.117. The van der Waals surface area contributed by atoms with Crippen LogP contribution >= 0.6 is 11.8 Å². The summed E-state index contributed by atoms with van der Waals surface area (Å²) >= 11 is 1.56. The lowest BCUT2D eigenvalue weighted by Gasteiger charge is -2.19. The second-order valence-corrected chi connectivity index (χ2v) is 9.58. The van der Waals surface area contributed by atoms with Crippen LogP contribution in [0.4, 0.5) is 5.69 Å². The summed E-state index contributed by atoms with van der Waals surface area (Å²) in [5.41, 5.74) is 1.46. The molecule has 1 atom stereocenters. The fourth-order valence-electron chi connectivity index (χ4n) is 3.10. The first kappa shape index (κ1) is 23.8. The predicted molar refractivity (Wildman–Crippen MR) is 129 cm³/mol. The second kappa shape index (κ2) is 11.2. The van der Waals surface area contributed by atoms with Gasteiger partial charge in [0, 0.05) is 10.6 Å². The van der Waals surface area contributed by atoms with Crippen LogP contribution < -0.4 is 14.8 Å². The molecule has 168 valence electrons. The van der Waals surface area contributed by atoms with Crippen molar-refractivity contribution in [1.82, 2.24) is 4.72 Å². The molecule has 8 heteroatoms. The van der Waals surface area contributed by atoms with Gasteiger partial charge in [0.15, 0.2) is 0 Å². The Morgan fingerprint density at radius 1 is 1.00 bits per heavy atom. The van der Waals surface area contributed by atoms with E-state index < -0.39 is 22.0 Å². The molecule has 0 aliphatic heterocycles. The third kappa shape index (κ3) is 6.59. The molecule has 0 bridgehead atoms. The van der Waals surface area contributed by atoms with Crippen molar-refractivity contribution >= 4 is 33.4 Å². The molecule has 0 aliphatic carbocycles. The largest absolute Gasteiger partial charge is 0.494 e. The summed E-state index contributed by atoms with van der Waals surface area (Å²) in [7, 11) is -3.93. The van der Waals surface area contributed by atoms with E-state index >= 15 is 0 Å². The highest BCUT2D eigenvalue weighted by Crippen LogP contribution is 2.20. The van der Waals surface area contributed by atoms with Gasteiger partial charge >= 0.3 is 0 Å². The second-order valence-electron chi connectivity index (χ2n) is 6.99. The number of ether oxygens (including phenoxy) is 1. The molecule has 0 saturated carbocycles. The maximum absolute atomic E-state index is 13.1. The molecule has 6 nitrogen and oxygen atoms in total. The Hall–Kier alpha value is -2.81. The van der Waals surface area contributed by atoms with Gasteiger partial charge in [-0.25, -0.2) is 8.42 Å². The summed E-state index contributed by atoms with van der Waals surface area (Å²) < 4.78 is 34.0. The van der Waals surface area contributed by atoms with Crippen molar-refractivity contribution in [1.29, 1.82) is 0 Å². The number of anilines is 1. The molecule has 0 heterocycles. The normalized spacial score (nSPS) is 12.2. The van der Waals surface area contributed by atoms with Crippen molar-refractivity contribution < 1.29 is 17.9 Å². The van der Waals surface area contributed by atoms with Crippen molar-refractivity contribution in [2.24, 2.45) is 0 Å². The highest BCUT2D eigenvalue weighted by molar-refractivity contribution is 7.98. The van der Waals surface area contributed by atoms with Crippen molar-refractivity contribution in [2.45, 2.75) is 29.2 Å². The third-order valence-electron chi connectivity index (χ3n) is 4.68. The van der Waals surface area contributed by atoms with Crippen LogP contribution in [-0.4, -0.2) is 33.2 Å². The third-order valence-corrected chi connectivity index (χ3v) is 6.89. The number of amides is 1. The van der Waals surface area contributed by atoms with Crippen molar-refractivity contribution in [2.75, 3.05) is 18.2 Å².